The lowest BCUT2D eigenvalue weighted by atomic mass is 9.98. The maximum absolute atomic E-state index is 14.7. The molecule has 2 aliphatic rings. The van der Waals surface area contributed by atoms with Crippen LogP contribution < -0.4 is 9.47 Å². The van der Waals surface area contributed by atoms with Crippen LogP contribution in [0.2, 0.25) is 0 Å². The summed E-state index contributed by atoms with van der Waals surface area (Å²) in [6, 6.07) is 20.5. The first-order valence-corrected chi connectivity index (χ1v) is 14.0. The van der Waals surface area contributed by atoms with Crippen molar-refractivity contribution in [1.29, 1.82) is 0 Å². The van der Waals surface area contributed by atoms with Gasteiger partial charge < -0.3 is 19.1 Å². The number of methoxy groups -OCH3 is 2. The first-order valence-electron chi connectivity index (χ1n) is 14.0. The van der Waals surface area contributed by atoms with Crippen molar-refractivity contribution in [2.24, 2.45) is 5.10 Å². The third-order valence-corrected chi connectivity index (χ3v) is 7.60. The van der Waals surface area contributed by atoms with Crippen LogP contribution in [0, 0.1) is 5.82 Å². The van der Waals surface area contributed by atoms with E-state index in [1.165, 1.54) is 28.1 Å². The van der Waals surface area contributed by atoms with Crippen LogP contribution in [0.1, 0.15) is 33.9 Å². The molecule has 2 heterocycles. The Labute approximate surface area is 245 Å². The molecule has 0 bridgehead atoms. The molecule has 9 nitrogen and oxygen atoms in total. The van der Waals surface area contributed by atoms with Crippen molar-refractivity contribution in [2.45, 2.75) is 12.5 Å². The summed E-state index contributed by atoms with van der Waals surface area (Å²) >= 11 is 0. The van der Waals surface area contributed by atoms with E-state index in [9.17, 15) is 14.0 Å². The number of hydrogen-bond acceptors (Lipinski definition) is 7. The van der Waals surface area contributed by atoms with Gasteiger partial charge in [0, 0.05) is 32.6 Å². The van der Waals surface area contributed by atoms with Crippen molar-refractivity contribution in [3.05, 3.63) is 95.3 Å². The maximum Gasteiger partial charge on any atom is 0.262 e. The zero-order valence-electron chi connectivity index (χ0n) is 23.9. The molecule has 0 saturated carbocycles. The van der Waals surface area contributed by atoms with E-state index in [0.29, 0.717) is 31.9 Å². The molecule has 1 atom stereocenters. The quantitative estimate of drug-likeness (QED) is 0.364. The van der Waals surface area contributed by atoms with E-state index in [0.717, 1.165) is 35.7 Å². The fourth-order valence-corrected chi connectivity index (χ4v) is 5.16. The van der Waals surface area contributed by atoms with Crippen LogP contribution in [0.25, 0.3) is 0 Å². The minimum Gasteiger partial charge on any atom is -0.497 e. The number of rotatable bonds is 10. The molecule has 10 heteroatoms. The molecule has 42 heavy (non-hydrogen) atoms. The Morgan fingerprint density at radius 1 is 0.952 bits per heavy atom. The number of nitrogens with zero attached hydrogens (tertiary/aromatic N) is 4. The first kappa shape index (κ1) is 29.2. The number of hydrogen-bond donors (Lipinski definition) is 0. The Morgan fingerprint density at radius 2 is 1.60 bits per heavy atom. The molecule has 0 unspecified atom stereocenters. The number of carbonyl (C=O) groups is 2. The third-order valence-electron chi connectivity index (χ3n) is 7.60. The zero-order valence-corrected chi connectivity index (χ0v) is 23.9. The van der Waals surface area contributed by atoms with Crippen molar-refractivity contribution < 1.29 is 28.2 Å². The molecular weight excluding hydrogens is 539 g/mol. The number of ether oxygens (including phenoxy) is 3. The summed E-state index contributed by atoms with van der Waals surface area (Å²) in [5.41, 5.74) is 2.43. The lowest BCUT2D eigenvalue weighted by Gasteiger charge is -2.31. The second-order valence-electron chi connectivity index (χ2n) is 10.2. The van der Waals surface area contributed by atoms with E-state index in [1.54, 1.807) is 20.3 Å². The number of carbonyl (C=O) groups excluding carboxylic acids is 2. The Morgan fingerprint density at radius 3 is 2.24 bits per heavy atom. The molecule has 2 aliphatic heterocycles. The first-order chi connectivity index (χ1) is 20.5. The highest BCUT2D eigenvalue weighted by molar-refractivity contribution is 6.04. The average Bonchev–Trinajstić information content (AvgIpc) is 3.49. The molecule has 0 aromatic heterocycles. The minimum atomic E-state index is -0.622. The van der Waals surface area contributed by atoms with E-state index in [1.807, 2.05) is 48.5 Å². The van der Waals surface area contributed by atoms with Crippen molar-refractivity contribution >= 4 is 17.5 Å². The van der Waals surface area contributed by atoms with Crippen LogP contribution in [0.5, 0.6) is 11.5 Å². The summed E-state index contributed by atoms with van der Waals surface area (Å²) < 4.78 is 30.7. The van der Waals surface area contributed by atoms with Gasteiger partial charge in [0.2, 0.25) is 0 Å². The number of halogens is 1. The molecule has 2 amide bonds. The molecule has 0 spiro atoms. The smallest absolute Gasteiger partial charge is 0.262 e. The molecule has 220 valence electrons. The van der Waals surface area contributed by atoms with Crippen molar-refractivity contribution in [3.8, 4) is 11.5 Å². The van der Waals surface area contributed by atoms with Crippen molar-refractivity contribution in [1.82, 2.24) is 14.8 Å². The molecular formula is C32H35FN4O5. The molecule has 5 rings (SSSR count). The standard InChI is InChI=1S/C32H35FN4O5/c1-40-25-11-7-23(8-12-25)29-21-30(24-9-13-26(41-2)14-10-24)37(34-29)31(38)22-36(16-15-35-17-19-42-20-18-35)32(39)27-5-3-4-6-28(27)33/h3-14,30H,15-22H2,1-2H3/t30-/m1/s1. The summed E-state index contributed by atoms with van der Waals surface area (Å²) in [5.74, 6) is -0.0843. The molecule has 1 saturated heterocycles. The van der Waals surface area contributed by atoms with Gasteiger partial charge in [0.1, 0.15) is 23.9 Å². The Kier molecular flexibility index (Phi) is 9.45. The monoisotopic (exact) mass is 574 g/mol. The van der Waals surface area contributed by atoms with E-state index < -0.39 is 11.7 Å². The second-order valence-corrected chi connectivity index (χ2v) is 10.2. The van der Waals surface area contributed by atoms with Gasteiger partial charge in [-0.05, 0) is 59.7 Å². The molecule has 0 N–H and O–H groups in total. The SMILES string of the molecule is COc1ccc(C2=NN(C(=O)CN(CCN3CCOCC3)C(=O)c3ccccc3F)[C@@H](c3ccc(OC)cc3)C2)cc1. The minimum absolute atomic E-state index is 0.0668. The van der Waals surface area contributed by atoms with Gasteiger partial charge in [0.25, 0.3) is 11.8 Å². The van der Waals surface area contributed by atoms with Gasteiger partial charge >= 0.3 is 0 Å². The van der Waals surface area contributed by atoms with Crippen LogP contribution in [-0.2, 0) is 9.53 Å². The predicted molar refractivity (Wildman–Crippen MR) is 156 cm³/mol. The largest absolute Gasteiger partial charge is 0.497 e. The van der Waals surface area contributed by atoms with Gasteiger partial charge in [-0.1, -0.05) is 24.3 Å². The Balaban J connectivity index is 1.42. The van der Waals surface area contributed by atoms with E-state index in [4.69, 9.17) is 19.3 Å². The van der Waals surface area contributed by atoms with E-state index in [-0.39, 0.29) is 30.6 Å². The van der Waals surface area contributed by atoms with Gasteiger partial charge in [-0.25, -0.2) is 9.40 Å². The summed E-state index contributed by atoms with van der Waals surface area (Å²) in [5, 5.41) is 6.21. The van der Waals surface area contributed by atoms with Crippen LogP contribution >= 0.6 is 0 Å². The lowest BCUT2D eigenvalue weighted by Crippen LogP contribution is -2.46. The molecule has 0 aliphatic carbocycles. The van der Waals surface area contributed by atoms with Gasteiger partial charge in [-0.2, -0.15) is 5.10 Å². The lowest BCUT2D eigenvalue weighted by molar-refractivity contribution is -0.133. The molecule has 3 aromatic rings. The van der Waals surface area contributed by atoms with Gasteiger partial charge in [0.05, 0.1) is 44.8 Å². The highest BCUT2D eigenvalue weighted by atomic mass is 19.1. The average molecular weight is 575 g/mol. The van der Waals surface area contributed by atoms with Gasteiger partial charge in [0.15, 0.2) is 0 Å². The summed E-state index contributed by atoms with van der Waals surface area (Å²) in [6.45, 7) is 3.24. The number of morpholine rings is 1. The summed E-state index contributed by atoms with van der Waals surface area (Å²) in [6.07, 6.45) is 0.486. The predicted octanol–water partition coefficient (Wildman–Crippen LogP) is 4.00. The fraction of sp³-hybridized carbons (Fsp3) is 0.344. The van der Waals surface area contributed by atoms with Crippen LogP contribution in [0.4, 0.5) is 4.39 Å². The Bertz CT molecular complexity index is 1410. The third kappa shape index (κ3) is 6.78. The maximum atomic E-state index is 14.7. The van der Waals surface area contributed by atoms with E-state index in [2.05, 4.69) is 4.90 Å². The van der Waals surface area contributed by atoms with E-state index >= 15 is 0 Å². The normalized spacial score (nSPS) is 17.1. The van der Waals surface area contributed by atoms with Gasteiger partial charge in [-0.15, -0.1) is 0 Å². The van der Waals surface area contributed by atoms with Crippen LogP contribution in [0.3, 0.4) is 0 Å². The Hall–Kier alpha value is -4.28. The number of benzene rings is 3. The summed E-state index contributed by atoms with van der Waals surface area (Å²) in [7, 11) is 3.21. The molecule has 1 fully saturated rings. The van der Waals surface area contributed by atoms with Crippen LogP contribution in [-0.4, -0.2) is 92.5 Å². The highest BCUT2D eigenvalue weighted by Gasteiger charge is 2.35. The van der Waals surface area contributed by atoms with Gasteiger partial charge in [-0.3, -0.25) is 14.5 Å². The zero-order chi connectivity index (χ0) is 29.5. The van der Waals surface area contributed by atoms with Crippen molar-refractivity contribution in [2.75, 3.05) is 60.2 Å². The number of amides is 2. The summed E-state index contributed by atoms with van der Waals surface area (Å²) in [4.78, 5) is 31.1. The fourth-order valence-electron chi connectivity index (χ4n) is 5.16. The highest BCUT2D eigenvalue weighted by Crippen LogP contribution is 2.34. The topological polar surface area (TPSA) is 83.9 Å². The van der Waals surface area contributed by atoms with Crippen LogP contribution in [0.15, 0.2) is 77.9 Å². The van der Waals surface area contributed by atoms with Crippen molar-refractivity contribution in [3.63, 3.8) is 0 Å². The molecule has 0 radical (unpaired) electrons. The molecule has 3 aromatic carbocycles. The number of hydrazone groups is 1. The second kappa shape index (κ2) is 13.6.